The second-order valence-corrected chi connectivity index (χ2v) is 6.17. The molecule has 112 valence electrons. The molecule has 0 heterocycles. The maximum atomic E-state index is 11.1. The minimum atomic E-state index is -1.12. The van der Waals surface area contributed by atoms with Crippen LogP contribution < -0.4 is 5.73 Å². The van der Waals surface area contributed by atoms with Crippen molar-refractivity contribution in [3.05, 3.63) is 34.9 Å². The first-order valence-electron chi connectivity index (χ1n) is 7.34. The van der Waals surface area contributed by atoms with Gasteiger partial charge >= 0.3 is 5.97 Å². The van der Waals surface area contributed by atoms with Gasteiger partial charge in [0.15, 0.2) is 0 Å². The summed E-state index contributed by atoms with van der Waals surface area (Å²) in [6, 6.07) is 6.50. The molecule has 0 saturated heterocycles. The molecular weight excluding hydrogens is 250 g/mol. The Labute approximate surface area is 122 Å². The zero-order chi connectivity index (χ0) is 15.3. The van der Waals surface area contributed by atoms with Crippen LogP contribution in [0, 0.1) is 19.8 Å². The Morgan fingerprint density at radius 1 is 1.40 bits per heavy atom. The van der Waals surface area contributed by atoms with Gasteiger partial charge in [0, 0.05) is 0 Å². The van der Waals surface area contributed by atoms with Crippen molar-refractivity contribution < 1.29 is 9.90 Å². The predicted octanol–water partition coefficient (Wildman–Crippen LogP) is 3.45. The molecule has 1 aromatic carbocycles. The summed E-state index contributed by atoms with van der Waals surface area (Å²) in [7, 11) is 0. The van der Waals surface area contributed by atoms with Crippen LogP contribution in [0.25, 0.3) is 0 Å². The van der Waals surface area contributed by atoms with Crippen LogP contribution in [0.15, 0.2) is 18.2 Å². The maximum absolute atomic E-state index is 11.1. The van der Waals surface area contributed by atoms with Crippen molar-refractivity contribution in [2.45, 2.75) is 58.9 Å². The molecule has 3 nitrogen and oxygen atoms in total. The molecule has 3 N–H and O–H groups in total. The molecule has 1 rings (SSSR count). The smallest absolute Gasteiger partial charge is 0.323 e. The van der Waals surface area contributed by atoms with Gasteiger partial charge in [-0.2, -0.15) is 0 Å². The average Bonchev–Trinajstić information content (AvgIpc) is 2.35. The van der Waals surface area contributed by atoms with E-state index in [1.165, 1.54) is 16.7 Å². The summed E-state index contributed by atoms with van der Waals surface area (Å²) >= 11 is 0. The van der Waals surface area contributed by atoms with E-state index in [2.05, 4.69) is 39.0 Å². The lowest BCUT2D eigenvalue weighted by atomic mass is 9.84. The molecule has 0 saturated carbocycles. The molecule has 2 unspecified atom stereocenters. The van der Waals surface area contributed by atoms with E-state index in [-0.39, 0.29) is 0 Å². The Balaban J connectivity index is 2.64. The van der Waals surface area contributed by atoms with Crippen LogP contribution in [-0.4, -0.2) is 16.6 Å². The number of aliphatic carboxylic acids is 1. The van der Waals surface area contributed by atoms with Crippen molar-refractivity contribution in [1.82, 2.24) is 0 Å². The lowest BCUT2D eigenvalue weighted by Crippen LogP contribution is -2.46. The van der Waals surface area contributed by atoms with Crippen molar-refractivity contribution in [3.8, 4) is 0 Å². The molecule has 0 amide bonds. The van der Waals surface area contributed by atoms with Gasteiger partial charge in [-0.15, -0.1) is 0 Å². The number of aryl methyl sites for hydroxylation is 3. The first kappa shape index (κ1) is 16.7. The predicted molar refractivity (Wildman–Crippen MR) is 82.9 cm³/mol. The Morgan fingerprint density at radius 2 is 2.05 bits per heavy atom. The third-order valence-corrected chi connectivity index (χ3v) is 4.10. The molecular formula is C17H27NO2. The van der Waals surface area contributed by atoms with Gasteiger partial charge in [0.1, 0.15) is 5.54 Å². The highest BCUT2D eigenvalue weighted by Gasteiger charge is 2.30. The first-order valence-corrected chi connectivity index (χ1v) is 7.34. The fourth-order valence-electron chi connectivity index (χ4n) is 2.62. The quantitative estimate of drug-likeness (QED) is 0.802. The highest BCUT2D eigenvalue weighted by atomic mass is 16.4. The molecule has 3 heteroatoms. The SMILES string of the molecule is CCC(CCc1ccc(C)cc1C)CC(C)(N)C(=O)O. The number of carbonyl (C=O) groups is 1. The standard InChI is InChI=1S/C17H27NO2/c1-5-14(11-17(4,18)16(19)20)7-9-15-8-6-12(2)10-13(15)3/h6,8,10,14H,5,7,9,11,18H2,1-4H3,(H,19,20). The molecule has 2 atom stereocenters. The summed E-state index contributed by atoms with van der Waals surface area (Å²) in [6.07, 6.45) is 3.47. The van der Waals surface area contributed by atoms with E-state index >= 15 is 0 Å². The van der Waals surface area contributed by atoms with Crippen molar-refractivity contribution in [3.63, 3.8) is 0 Å². The van der Waals surface area contributed by atoms with Gasteiger partial charge < -0.3 is 10.8 Å². The van der Waals surface area contributed by atoms with Crippen molar-refractivity contribution in [2.75, 3.05) is 0 Å². The van der Waals surface area contributed by atoms with Gasteiger partial charge in [-0.3, -0.25) is 4.79 Å². The van der Waals surface area contributed by atoms with Gasteiger partial charge in [-0.05, 0) is 57.1 Å². The molecule has 0 radical (unpaired) electrons. The molecule has 1 aromatic rings. The Morgan fingerprint density at radius 3 is 2.55 bits per heavy atom. The Bertz CT molecular complexity index is 466. The lowest BCUT2D eigenvalue weighted by Gasteiger charge is -2.25. The highest BCUT2D eigenvalue weighted by molar-refractivity contribution is 5.77. The van der Waals surface area contributed by atoms with Gasteiger partial charge in [-0.25, -0.2) is 0 Å². The van der Waals surface area contributed by atoms with E-state index < -0.39 is 11.5 Å². The molecule has 0 spiro atoms. The number of hydrogen-bond donors (Lipinski definition) is 2. The summed E-state index contributed by atoms with van der Waals surface area (Å²) in [6.45, 7) is 7.94. The lowest BCUT2D eigenvalue weighted by molar-refractivity contribution is -0.143. The second kappa shape index (κ2) is 6.89. The monoisotopic (exact) mass is 277 g/mol. The average molecular weight is 277 g/mol. The van der Waals surface area contributed by atoms with E-state index in [0.717, 1.165) is 19.3 Å². The third-order valence-electron chi connectivity index (χ3n) is 4.10. The van der Waals surface area contributed by atoms with Crippen LogP contribution in [0.4, 0.5) is 0 Å². The molecule has 0 aliphatic carbocycles. The molecule has 0 aliphatic heterocycles. The number of hydrogen-bond acceptors (Lipinski definition) is 2. The van der Waals surface area contributed by atoms with Gasteiger partial charge in [0.25, 0.3) is 0 Å². The molecule has 20 heavy (non-hydrogen) atoms. The van der Waals surface area contributed by atoms with Gasteiger partial charge in [0.05, 0.1) is 0 Å². The Hall–Kier alpha value is -1.35. The van der Waals surface area contributed by atoms with Crippen molar-refractivity contribution >= 4 is 5.97 Å². The van der Waals surface area contributed by atoms with E-state index in [0.29, 0.717) is 12.3 Å². The van der Waals surface area contributed by atoms with Crippen LogP contribution in [0.2, 0.25) is 0 Å². The minimum absolute atomic E-state index is 0.349. The van der Waals surface area contributed by atoms with Crippen LogP contribution in [0.3, 0.4) is 0 Å². The molecule has 0 aromatic heterocycles. The summed E-state index contributed by atoms with van der Waals surface area (Å²) in [5, 5.41) is 9.12. The van der Waals surface area contributed by atoms with Crippen molar-refractivity contribution in [1.29, 1.82) is 0 Å². The minimum Gasteiger partial charge on any atom is -0.480 e. The Kier molecular flexibility index (Phi) is 5.75. The fraction of sp³-hybridized carbons (Fsp3) is 0.588. The van der Waals surface area contributed by atoms with E-state index in [4.69, 9.17) is 10.8 Å². The molecule has 0 aliphatic rings. The number of carboxylic acids is 1. The van der Waals surface area contributed by atoms with Crippen molar-refractivity contribution in [2.24, 2.45) is 11.7 Å². The number of benzene rings is 1. The summed E-state index contributed by atoms with van der Waals surface area (Å²) in [5.41, 5.74) is 8.67. The topological polar surface area (TPSA) is 63.3 Å². The van der Waals surface area contributed by atoms with E-state index in [1.54, 1.807) is 6.92 Å². The van der Waals surface area contributed by atoms with E-state index in [9.17, 15) is 4.79 Å². The number of nitrogens with two attached hydrogens (primary N) is 1. The largest absolute Gasteiger partial charge is 0.480 e. The summed E-state index contributed by atoms with van der Waals surface area (Å²) in [4.78, 5) is 11.1. The highest BCUT2D eigenvalue weighted by Crippen LogP contribution is 2.24. The molecule has 0 fully saturated rings. The zero-order valence-electron chi connectivity index (χ0n) is 13.1. The first-order chi connectivity index (χ1) is 9.26. The summed E-state index contributed by atoms with van der Waals surface area (Å²) < 4.78 is 0. The van der Waals surface area contributed by atoms with Crippen LogP contribution >= 0.6 is 0 Å². The van der Waals surface area contributed by atoms with Crippen LogP contribution in [-0.2, 0) is 11.2 Å². The summed E-state index contributed by atoms with van der Waals surface area (Å²) in [5.74, 6) is -0.565. The normalized spacial score (nSPS) is 15.7. The van der Waals surface area contributed by atoms with Gasteiger partial charge in [0.2, 0.25) is 0 Å². The number of rotatable bonds is 7. The fourth-order valence-corrected chi connectivity index (χ4v) is 2.62. The van der Waals surface area contributed by atoms with Gasteiger partial charge in [-0.1, -0.05) is 37.1 Å². The maximum Gasteiger partial charge on any atom is 0.323 e. The van der Waals surface area contributed by atoms with E-state index in [1.807, 2.05) is 0 Å². The number of carboxylic acid groups (broad SMARTS) is 1. The van der Waals surface area contributed by atoms with Crippen LogP contribution in [0.1, 0.15) is 49.8 Å². The van der Waals surface area contributed by atoms with Crippen LogP contribution in [0.5, 0.6) is 0 Å². The third kappa shape index (κ3) is 4.64. The second-order valence-electron chi connectivity index (χ2n) is 6.17. The molecule has 0 bridgehead atoms. The zero-order valence-corrected chi connectivity index (χ0v) is 13.1.